The van der Waals surface area contributed by atoms with Gasteiger partial charge in [-0.2, -0.15) is 0 Å². The van der Waals surface area contributed by atoms with Crippen LogP contribution in [0.15, 0.2) is 0 Å². The zero-order chi connectivity index (χ0) is 7.14. The van der Waals surface area contributed by atoms with Gasteiger partial charge in [-0.1, -0.05) is 13.3 Å². The molecule has 11 heavy (non-hydrogen) atoms. The van der Waals surface area contributed by atoms with Crippen LogP contribution >= 0.6 is 0 Å². The summed E-state index contributed by atoms with van der Waals surface area (Å²) in [5.41, 5.74) is 0. The van der Waals surface area contributed by atoms with E-state index < -0.39 is 0 Å². The summed E-state index contributed by atoms with van der Waals surface area (Å²) >= 11 is 0. The van der Waals surface area contributed by atoms with E-state index in [4.69, 9.17) is 0 Å². The van der Waals surface area contributed by atoms with Gasteiger partial charge in [-0.3, -0.25) is 0 Å². The van der Waals surface area contributed by atoms with Crippen molar-refractivity contribution in [3.8, 4) is 0 Å². The summed E-state index contributed by atoms with van der Waals surface area (Å²) in [5, 5.41) is 9.57. The Kier molecular flexibility index (Phi) is 2.55. The van der Waals surface area contributed by atoms with Crippen LogP contribution in [0.5, 0.6) is 0 Å². The van der Waals surface area contributed by atoms with Crippen molar-refractivity contribution in [1.82, 2.24) is 6.15 Å². The summed E-state index contributed by atoms with van der Waals surface area (Å²) in [6, 6.07) is 0. The van der Waals surface area contributed by atoms with Crippen LogP contribution in [-0.4, -0.2) is 11.2 Å². The van der Waals surface area contributed by atoms with Crippen LogP contribution in [0.1, 0.15) is 32.6 Å². The predicted octanol–water partition coefficient (Wildman–Crippen LogP) is 1.97. The van der Waals surface area contributed by atoms with E-state index in [-0.39, 0.29) is 12.3 Å². The van der Waals surface area contributed by atoms with Gasteiger partial charge in [0.1, 0.15) is 0 Å². The van der Waals surface area contributed by atoms with E-state index in [1.165, 1.54) is 19.3 Å². The van der Waals surface area contributed by atoms with Crippen LogP contribution in [0.25, 0.3) is 0 Å². The van der Waals surface area contributed by atoms with Gasteiger partial charge in [-0.25, -0.2) is 0 Å². The lowest BCUT2D eigenvalue weighted by Gasteiger charge is -2.49. The minimum atomic E-state index is 0. The molecule has 0 saturated heterocycles. The molecule has 3 aliphatic carbocycles. The first-order valence-corrected chi connectivity index (χ1v) is 4.49. The molecule has 0 radical (unpaired) electrons. The van der Waals surface area contributed by atoms with Gasteiger partial charge >= 0.3 is 0 Å². The van der Waals surface area contributed by atoms with Crippen LogP contribution in [-0.2, 0) is 0 Å². The highest BCUT2D eigenvalue weighted by Crippen LogP contribution is 2.49. The van der Waals surface area contributed by atoms with Crippen LogP contribution in [0.4, 0.5) is 0 Å². The van der Waals surface area contributed by atoms with Crippen molar-refractivity contribution in [1.29, 1.82) is 0 Å². The molecule has 2 atom stereocenters. The maximum atomic E-state index is 9.57. The molecule has 0 aromatic rings. The highest BCUT2D eigenvalue weighted by atomic mass is 16.3. The number of fused-ring (bicyclic) bond motifs is 2. The van der Waals surface area contributed by atoms with E-state index in [0.29, 0.717) is 5.92 Å². The van der Waals surface area contributed by atoms with Crippen molar-refractivity contribution in [3.05, 3.63) is 0 Å². The molecule has 2 nitrogen and oxygen atoms in total. The second-order valence-electron chi connectivity index (χ2n) is 3.97. The van der Waals surface area contributed by atoms with E-state index in [2.05, 4.69) is 6.92 Å². The fourth-order valence-electron chi connectivity index (χ4n) is 2.77. The first-order chi connectivity index (χ1) is 4.81. The first-order valence-electron chi connectivity index (χ1n) is 4.49. The molecule has 0 aromatic heterocycles. The molecule has 2 heteroatoms. The van der Waals surface area contributed by atoms with Crippen molar-refractivity contribution < 1.29 is 5.11 Å². The summed E-state index contributed by atoms with van der Waals surface area (Å²) < 4.78 is 0. The van der Waals surface area contributed by atoms with Crippen LogP contribution < -0.4 is 6.15 Å². The lowest BCUT2D eigenvalue weighted by molar-refractivity contribution is -0.0622. The zero-order valence-corrected chi connectivity index (χ0v) is 7.29. The second kappa shape index (κ2) is 3.11. The molecule has 0 aromatic carbocycles. The Morgan fingerprint density at radius 2 is 1.91 bits per heavy atom. The Labute approximate surface area is 68.6 Å². The third-order valence-corrected chi connectivity index (χ3v) is 3.42. The third-order valence-electron chi connectivity index (χ3n) is 3.42. The van der Waals surface area contributed by atoms with Gasteiger partial charge in [0.15, 0.2) is 0 Å². The topological polar surface area (TPSA) is 55.2 Å². The quantitative estimate of drug-likeness (QED) is 0.611. The smallest absolute Gasteiger partial charge is 0.0573 e. The molecule has 3 aliphatic rings. The molecule has 66 valence electrons. The van der Waals surface area contributed by atoms with Crippen molar-refractivity contribution >= 4 is 0 Å². The fraction of sp³-hybridized carbons (Fsp3) is 1.00. The second-order valence-corrected chi connectivity index (χ2v) is 3.97. The van der Waals surface area contributed by atoms with E-state index in [9.17, 15) is 5.11 Å². The lowest BCUT2D eigenvalue weighted by atomic mass is 9.58. The average Bonchev–Trinajstić information content (AvgIpc) is 1.85. The van der Waals surface area contributed by atoms with Gasteiger partial charge in [0.05, 0.1) is 6.10 Å². The molecule has 0 aliphatic heterocycles. The summed E-state index contributed by atoms with van der Waals surface area (Å²) in [6.45, 7) is 2.20. The Balaban J connectivity index is 0.000000605. The zero-order valence-electron chi connectivity index (χ0n) is 7.29. The minimum absolute atomic E-state index is 0. The SMILES string of the molecule is CCC1C2CC(C2)C[C@@H]1O.N. The van der Waals surface area contributed by atoms with Crippen LogP contribution in [0, 0.1) is 17.8 Å². The molecule has 0 amide bonds. The maximum Gasteiger partial charge on any atom is 0.0573 e. The van der Waals surface area contributed by atoms with Gasteiger partial charge in [-0.15, -0.1) is 0 Å². The molecule has 1 unspecified atom stereocenters. The maximum absolute atomic E-state index is 9.57. The van der Waals surface area contributed by atoms with Crippen LogP contribution in [0.2, 0.25) is 0 Å². The number of hydrogen-bond acceptors (Lipinski definition) is 2. The molecule has 0 spiro atoms. The largest absolute Gasteiger partial charge is 0.393 e. The van der Waals surface area contributed by atoms with Gasteiger partial charge in [0.2, 0.25) is 0 Å². The van der Waals surface area contributed by atoms with Crippen molar-refractivity contribution in [2.75, 3.05) is 0 Å². The Bertz CT molecular complexity index is 130. The number of rotatable bonds is 1. The molecule has 0 heterocycles. The van der Waals surface area contributed by atoms with E-state index >= 15 is 0 Å². The minimum Gasteiger partial charge on any atom is -0.393 e. The van der Waals surface area contributed by atoms with Gasteiger partial charge in [0, 0.05) is 0 Å². The van der Waals surface area contributed by atoms with Crippen molar-refractivity contribution in [2.45, 2.75) is 38.7 Å². The molecular weight excluding hydrogens is 138 g/mol. The van der Waals surface area contributed by atoms with Gasteiger partial charge < -0.3 is 11.3 Å². The van der Waals surface area contributed by atoms with E-state index in [0.717, 1.165) is 18.3 Å². The number of aliphatic hydroxyl groups excluding tert-OH is 1. The molecule has 4 N–H and O–H groups in total. The molecule has 3 saturated carbocycles. The summed E-state index contributed by atoms with van der Waals surface area (Å²) in [7, 11) is 0. The summed E-state index contributed by atoms with van der Waals surface area (Å²) in [6.07, 6.45) is 5.14. The Morgan fingerprint density at radius 3 is 2.27 bits per heavy atom. The molecule has 3 fully saturated rings. The average molecular weight is 157 g/mol. The third kappa shape index (κ3) is 1.30. The Morgan fingerprint density at radius 1 is 1.27 bits per heavy atom. The standard InChI is InChI=1S/C9H16O.H3N/c1-2-8-7-3-6(4-7)5-9(8)10;/h6-10H,2-5H2,1H3;1H3/t6?,7?,8?,9-;/m0./s1. The van der Waals surface area contributed by atoms with E-state index in [1.807, 2.05) is 0 Å². The summed E-state index contributed by atoms with van der Waals surface area (Å²) in [5.74, 6) is 2.42. The number of hydrogen-bond donors (Lipinski definition) is 2. The fourth-order valence-corrected chi connectivity index (χ4v) is 2.77. The van der Waals surface area contributed by atoms with Crippen LogP contribution in [0.3, 0.4) is 0 Å². The summed E-state index contributed by atoms with van der Waals surface area (Å²) in [4.78, 5) is 0. The molecular formula is C9H19NO. The first kappa shape index (κ1) is 9.01. The van der Waals surface area contributed by atoms with Gasteiger partial charge in [0.25, 0.3) is 0 Å². The van der Waals surface area contributed by atoms with E-state index in [1.54, 1.807) is 0 Å². The monoisotopic (exact) mass is 157 g/mol. The van der Waals surface area contributed by atoms with Crippen molar-refractivity contribution in [3.63, 3.8) is 0 Å². The highest BCUT2D eigenvalue weighted by Gasteiger charge is 2.43. The Hall–Kier alpha value is -0.0800. The van der Waals surface area contributed by atoms with Crippen molar-refractivity contribution in [2.24, 2.45) is 17.8 Å². The molecule has 2 bridgehead atoms. The lowest BCUT2D eigenvalue weighted by Crippen LogP contribution is -2.44. The normalized spacial score (nSPS) is 47.5. The van der Waals surface area contributed by atoms with Gasteiger partial charge in [-0.05, 0) is 37.0 Å². The highest BCUT2D eigenvalue weighted by molar-refractivity contribution is 4.94. The predicted molar refractivity (Wildman–Crippen MR) is 45.6 cm³/mol. The number of aliphatic hydroxyl groups is 1. The molecule has 3 rings (SSSR count).